The van der Waals surface area contributed by atoms with Crippen LogP contribution in [0.15, 0.2) is 49.1 Å². The number of ether oxygens (including phenoxy) is 1. The van der Waals surface area contributed by atoms with Gasteiger partial charge in [0.25, 0.3) is 0 Å². The summed E-state index contributed by atoms with van der Waals surface area (Å²) in [6.45, 7) is -1.03. The quantitative estimate of drug-likeness (QED) is 0.385. The monoisotopic (exact) mass is 493 g/mol. The molecule has 0 spiro atoms. The van der Waals surface area contributed by atoms with Crippen LogP contribution in [0.2, 0.25) is 0 Å². The fraction of sp³-hybridized carbons (Fsp3) is 0.346. The summed E-state index contributed by atoms with van der Waals surface area (Å²) in [5.74, 6) is 0.00278. The van der Waals surface area contributed by atoms with Gasteiger partial charge < -0.3 is 9.84 Å². The number of carbonyl (C=O) groups is 1. The van der Waals surface area contributed by atoms with Crippen LogP contribution in [0.4, 0.5) is 8.78 Å². The Bertz CT molecular complexity index is 1380. The lowest BCUT2D eigenvalue weighted by atomic mass is 9.81. The predicted molar refractivity (Wildman–Crippen MR) is 127 cm³/mol. The molecule has 0 saturated heterocycles. The van der Waals surface area contributed by atoms with Gasteiger partial charge >= 0.3 is 12.6 Å². The fourth-order valence-corrected chi connectivity index (χ4v) is 4.80. The van der Waals surface area contributed by atoms with Gasteiger partial charge in [0.15, 0.2) is 5.65 Å². The highest BCUT2D eigenvalue weighted by Crippen LogP contribution is 2.34. The first-order valence-electron chi connectivity index (χ1n) is 11.8. The smallest absolute Gasteiger partial charge is 0.387 e. The number of hydrogen-bond donors (Lipinski definition) is 1. The molecule has 3 aromatic heterocycles. The summed E-state index contributed by atoms with van der Waals surface area (Å²) in [7, 11) is 0. The van der Waals surface area contributed by atoms with Gasteiger partial charge in [0, 0.05) is 42.1 Å². The van der Waals surface area contributed by atoms with E-state index in [4.69, 9.17) is 4.74 Å². The minimum absolute atomic E-state index is 0.137. The minimum atomic E-state index is -2.90. The summed E-state index contributed by atoms with van der Waals surface area (Å²) in [5, 5.41) is 9.20. The first-order chi connectivity index (χ1) is 17.4. The molecule has 8 nitrogen and oxygen atoms in total. The maximum absolute atomic E-state index is 12.9. The van der Waals surface area contributed by atoms with E-state index in [0.717, 1.165) is 35.6 Å². The van der Waals surface area contributed by atoms with E-state index in [0.29, 0.717) is 36.2 Å². The number of aliphatic carboxylic acids is 1. The lowest BCUT2D eigenvalue weighted by Gasteiger charge is -2.24. The Morgan fingerprint density at radius 2 is 1.83 bits per heavy atom. The van der Waals surface area contributed by atoms with Crippen LogP contribution in [0.25, 0.3) is 16.9 Å². The Morgan fingerprint density at radius 1 is 1.11 bits per heavy atom. The molecular formula is C26H25F2N5O3. The first kappa shape index (κ1) is 23.8. The van der Waals surface area contributed by atoms with Gasteiger partial charge in [-0.2, -0.15) is 8.78 Å². The highest BCUT2D eigenvalue weighted by atomic mass is 19.3. The van der Waals surface area contributed by atoms with Crippen molar-refractivity contribution >= 4 is 11.6 Å². The molecule has 10 heteroatoms. The molecule has 1 aliphatic rings. The number of para-hydroxylation sites is 1. The van der Waals surface area contributed by atoms with Crippen LogP contribution in [0.5, 0.6) is 5.75 Å². The van der Waals surface area contributed by atoms with Crippen molar-refractivity contribution in [1.29, 1.82) is 0 Å². The summed E-state index contributed by atoms with van der Waals surface area (Å²) in [5.41, 5.74) is 4.27. The molecule has 1 saturated carbocycles. The molecule has 4 aromatic rings. The first-order valence-corrected chi connectivity index (χ1v) is 11.8. The van der Waals surface area contributed by atoms with Gasteiger partial charge in [-0.25, -0.2) is 15.0 Å². The van der Waals surface area contributed by atoms with E-state index in [2.05, 4.69) is 19.9 Å². The van der Waals surface area contributed by atoms with E-state index in [1.54, 1.807) is 36.8 Å². The second kappa shape index (κ2) is 9.96. The summed E-state index contributed by atoms with van der Waals surface area (Å²) in [6.07, 6.45) is 10.1. The third-order valence-electron chi connectivity index (χ3n) is 6.76. The molecule has 36 heavy (non-hydrogen) atoms. The Morgan fingerprint density at radius 3 is 2.53 bits per heavy atom. The number of imidazole rings is 1. The molecule has 186 valence electrons. The lowest BCUT2D eigenvalue weighted by Crippen LogP contribution is -2.21. The average Bonchev–Trinajstić information content (AvgIpc) is 3.19. The number of rotatable bonds is 7. The zero-order valence-corrected chi connectivity index (χ0v) is 19.6. The van der Waals surface area contributed by atoms with Crippen LogP contribution < -0.4 is 4.74 Å². The van der Waals surface area contributed by atoms with Crippen molar-refractivity contribution in [2.75, 3.05) is 0 Å². The summed E-state index contributed by atoms with van der Waals surface area (Å²) >= 11 is 0. The number of halogens is 2. The van der Waals surface area contributed by atoms with Crippen molar-refractivity contribution in [3.63, 3.8) is 0 Å². The van der Waals surface area contributed by atoms with Crippen molar-refractivity contribution in [2.45, 2.75) is 51.6 Å². The van der Waals surface area contributed by atoms with Gasteiger partial charge in [-0.15, -0.1) is 0 Å². The number of carboxylic acid groups (broad SMARTS) is 1. The lowest BCUT2D eigenvalue weighted by molar-refractivity contribution is -0.142. The molecular weight excluding hydrogens is 468 g/mol. The molecule has 1 aromatic carbocycles. The van der Waals surface area contributed by atoms with Gasteiger partial charge in [-0.3, -0.25) is 14.2 Å². The standard InChI is InChI=1S/C26H25F2N5O3/c1-15-21(10-18-4-2-3-5-22(18)36-26(27)28)33-14-20(29-13-23(33)32-15)19-11-30-24(31-12-19)16-6-8-17(9-7-16)25(34)35/h2-5,11-14,16-17,26H,6-10H2,1H3,(H,34,35). The van der Waals surface area contributed by atoms with Crippen molar-refractivity contribution in [3.05, 3.63) is 71.8 Å². The molecule has 3 heterocycles. The number of nitrogens with zero attached hydrogens (tertiary/aromatic N) is 5. The fourth-order valence-electron chi connectivity index (χ4n) is 4.80. The number of alkyl halides is 2. The summed E-state index contributed by atoms with van der Waals surface area (Å²) in [4.78, 5) is 29.4. The molecule has 1 fully saturated rings. The molecule has 0 unspecified atom stereocenters. The molecule has 0 amide bonds. The summed E-state index contributed by atoms with van der Waals surface area (Å²) in [6, 6.07) is 6.73. The minimum Gasteiger partial charge on any atom is -0.481 e. The average molecular weight is 494 g/mol. The van der Waals surface area contributed by atoms with Gasteiger partial charge in [0.1, 0.15) is 11.6 Å². The highest BCUT2D eigenvalue weighted by Gasteiger charge is 2.28. The topological polar surface area (TPSA) is 102 Å². The molecule has 1 aliphatic carbocycles. The molecule has 1 N–H and O–H groups in total. The zero-order chi connectivity index (χ0) is 25.2. The van der Waals surface area contributed by atoms with Crippen molar-refractivity contribution < 1.29 is 23.4 Å². The van der Waals surface area contributed by atoms with Crippen LogP contribution in [0.3, 0.4) is 0 Å². The second-order valence-electron chi connectivity index (χ2n) is 9.02. The number of carboxylic acids is 1. The van der Waals surface area contributed by atoms with Gasteiger partial charge in [0.2, 0.25) is 0 Å². The zero-order valence-electron chi connectivity index (χ0n) is 19.6. The third-order valence-corrected chi connectivity index (χ3v) is 6.76. The van der Waals surface area contributed by atoms with Gasteiger partial charge in [0.05, 0.1) is 29.2 Å². The Labute approximate surface area is 206 Å². The largest absolute Gasteiger partial charge is 0.481 e. The third kappa shape index (κ3) is 4.89. The van der Waals surface area contributed by atoms with E-state index >= 15 is 0 Å². The van der Waals surface area contributed by atoms with Crippen molar-refractivity contribution in [3.8, 4) is 17.0 Å². The van der Waals surface area contributed by atoms with Gasteiger partial charge in [-0.05, 0) is 38.7 Å². The van der Waals surface area contributed by atoms with Crippen LogP contribution >= 0.6 is 0 Å². The van der Waals surface area contributed by atoms with Crippen molar-refractivity contribution in [2.24, 2.45) is 5.92 Å². The Kier molecular flexibility index (Phi) is 6.58. The highest BCUT2D eigenvalue weighted by molar-refractivity contribution is 5.70. The van der Waals surface area contributed by atoms with E-state index in [9.17, 15) is 18.7 Å². The number of aromatic nitrogens is 5. The van der Waals surface area contributed by atoms with Crippen LogP contribution in [-0.2, 0) is 11.2 Å². The molecule has 0 atom stereocenters. The molecule has 0 aliphatic heterocycles. The van der Waals surface area contributed by atoms with Crippen LogP contribution in [-0.4, -0.2) is 42.0 Å². The normalized spacial score (nSPS) is 18.0. The number of fused-ring (bicyclic) bond motifs is 1. The van der Waals surface area contributed by atoms with E-state index in [1.807, 2.05) is 17.5 Å². The van der Waals surface area contributed by atoms with E-state index in [1.165, 1.54) is 6.07 Å². The molecule has 5 rings (SSSR count). The predicted octanol–water partition coefficient (Wildman–Crippen LogP) is 5.05. The summed E-state index contributed by atoms with van der Waals surface area (Å²) < 4.78 is 32.3. The van der Waals surface area contributed by atoms with Gasteiger partial charge in [-0.1, -0.05) is 18.2 Å². The number of hydrogen-bond acceptors (Lipinski definition) is 6. The molecule has 0 radical (unpaired) electrons. The number of aryl methyl sites for hydroxylation is 1. The maximum Gasteiger partial charge on any atom is 0.387 e. The van der Waals surface area contributed by atoms with E-state index < -0.39 is 12.6 Å². The Hall–Kier alpha value is -3.95. The van der Waals surface area contributed by atoms with Crippen LogP contribution in [0, 0.1) is 12.8 Å². The second-order valence-corrected chi connectivity index (χ2v) is 9.02. The maximum atomic E-state index is 12.9. The van der Waals surface area contributed by atoms with Crippen molar-refractivity contribution in [1.82, 2.24) is 24.3 Å². The van der Waals surface area contributed by atoms with Crippen LogP contribution in [0.1, 0.15) is 54.4 Å². The Balaban J connectivity index is 1.40. The molecule has 0 bridgehead atoms. The SMILES string of the molecule is Cc1nc2cnc(-c3cnc(C4CCC(C(=O)O)CC4)nc3)cn2c1Cc1ccccc1OC(F)F. The number of benzene rings is 1. The van der Waals surface area contributed by atoms with E-state index in [-0.39, 0.29) is 17.6 Å².